The standard InChI is InChI=1S/C16H32N2O/c1-17-16(15-8-4-3-5-9-15)12-18-10-6-7-14(11-18)13-19-2/h14-17H,3-13H2,1-2H3. The van der Waals surface area contributed by atoms with E-state index in [0.717, 1.165) is 18.4 Å². The van der Waals surface area contributed by atoms with Crippen LogP contribution in [-0.2, 0) is 4.74 Å². The van der Waals surface area contributed by atoms with Crippen LogP contribution in [0, 0.1) is 11.8 Å². The molecular weight excluding hydrogens is 236 g/mol. The molecule has 0 aromatic carbocycles. The van der Waals surface area contributed by atoms with Gasteiger partial charge in [0.15, 0.2) is 0 Å². The van der Waals surface area contributed by atoms with E-state index in [1.54, 1.807) is 0 Å². The van der Waals surface area contributed by atoms with E-state index in [1.807, 2.05) is 7.11 Å². The van der Waals surface area contributed by atoms with Crippen LogP contribution in [0.5, 0.6) is 0 Å². The summed E-state index contributed by atoms with van der Waals surface area (Å²) in [5.74, 6) is 1.66. The van der Waals surface area contributed by atoms with E-state index < -0.39 is 0 Å². The number of nitrogens with zero attached hydrogens (tertiary/aromatic N) is 1. The molecule has 2 rings (SSSR count). The molecule has 3 nitrogen and oxygen atoms in total. The van der Waals surface area contributed by atoms with Crippen molar-refractivity contribution < 1.29 is 4.74 Å². The third kappa shape index (κ3) is 4.73. The summed E-state index contributed by atoms with van der Waals surface area (Å²) < 4.78 is 5.33. The Morgan fingerprint density at radius 1 is 1.16 bits per heavy atom. The maximum atomic E-state index is 5.33. The number of ether oxygens (including phenoxy) is 1. The normalized spacial score (nSPS) is 28.4. The minimum absolute atomic E-state index is 0.696. The molecule has 1 heterocycles. The Morgan fingerprint density at radius 3 is 2.63 bits per heavy atom. The highest BCUT2D eigenvalue weighted by Crippen LogP contribution is 2.27. The molecule has 2 fully saturated rings. The molecule has 19 heavy (non-hydrogen) atoms. The van der Waals surface area contributed by atoms with E-state index in [-0.39, 0.29) is 0 Å². The lowest BCUT2D eigenvalue weighted by Gasteiger charge is -2.38. The van der Waals surface area contributed by atoms with Crippen molar-refractivity contribution in [3.8, 4) is 0 Å². The first kappa shape index (κ1) is 15.3. The van der Waals surface area contributed by atoms with E-state index in [2.05, 4.69) is 17.3 Å². The van der Waals surface area contributed by atoms with Gasteiger partial charge in [0.1, 0.15) is 0 Å². The monoisotopic (exact) mass is 268 g/mol. The molecule has 1 saturated carbocycles. The Kier molecular flexibility index (Phi) is 6.62. The topological polar surface area (TPSA) is 24.5 Å². The van der Waals surface area contributed by atoms with Crippen molar-refractivity contribution in [1.29, 1.82) is 0 Å². The van der Waals surface area contributed by atoms with Crippen LogP contribution >= 0.6 is 0 Å². The zero-order valence-corrected chi connectivity index (χ0v) is 12.9. The van der Waals surface area contributed by atoms with Gasteiger partial charge in [-0.3, -0.25) is 0 Å². The van der Waals surface area contributed by atoms with Gasteiger partial charge in [0.05, 0.1) is 6.61 Å². The average Bonchev–Trinajstić information content (AvgIpc) is 2.46. The van der Waals surface area contributed by atoms with Crippen LogP contribution in [0.2, 0.25) is 0 Å². The molecule has 0 bridgehead atoms. The Bertz CT molecular complexity index is 239. The van der Waals surface area contributed by atoms with Crippen LogP contribution in [0.4, 0.5) is 0 Å². The third-order valence-electron chi connectivity index (χ3n) is 5.05. The molecule has 2 atom stereocenters. The highest BCUT2D eigenvalue weighted by atomic mass is 16.5. The first-order valence-electron chi connectivity index (χ1n) is 8.22. The van der Waals surface area contributed by atoms with Crippen molar-refractivity contribution in [2.24, 2.45) is 11.8 Å². The Morgan fingerprint density at radius 2 is 1.95 bits per heavy atom. The van der Waals surface area contributed by atoms with Gasteiger partial charge in [-0.1, -0.05) is 19.3 Å². The molecule has 0 radical (unpaired) electrons. The number of methoxy groups -OCH3 is 1. The number of hydrogen-bond acceptors (Lipinski definition) is 3. The predicted molar refractivity (Wildman–Crippen MR) is 80.5 cm³/mol. The summed E-state index contributed by atoms with van der Waals surface area (Å²) >= 11 is 0. The third-order valence-corrected chi connectivity index (χ3v) is 5.05. The fraction of sp³-hybridized carbons (Fsp3) is 1.00. The Labute approximate surface area is 119 Å². The average molecular weight is 268 g/mol. The highest BCUT2D eigenvalue weighted by Gasteiger charge is 2.27. The zero-order chi connectivity index (χ0) is 13.5. The number of likely N-dealkylation sites (tertiary alicyclic amines) is 1. The van der Waals surface area contributed by atoms with Crippen molar-refractivity contribution in [3.05, 3.63) is 0 Å². The van der Waals surface area contributed by atoms with E-state index in [4.69, 9.17) is 4.74 Å². The van der Waals surface area contributed by atoms with Gasteiger partial charge in [-0.15, -0.1) is 0 Å². The van der Waals surface area contributed by atoms with Gasteiger partial charge in [-0.2, -0.15) is 0 Å². The molecule has 0 aromatic rings. The molecule has 1 saturated heterocycles. The lowest BCUT2D eigenvalue weighted by Crippen LogP contribution is -2.48. The lowest BCUT2D eigenvalue weighted by atomic mass is 9.83. The summed E-state index contributed by atoms with van der Waals surface area (Å²) in [6.07, 6.45) is 9.88. The second kappa shape index (κ2) is 8.23. The second-order valence-corrected chi connectivity index (χ2v) is 6.52. The molecule has 2 aliphatic rings. The number of likely N-dealkylation sites (N-methyl/N-ethyl adjacent to an activating group) is 1. The van der Waals surface area contributed by atoms with Crippen molar-refractivity contribution in [3.63, 3.8) is 0 Å². The van der Waals surface area contributed by atoms with E-state index in [1.165, 1.54) is 64.6 Å². The quantitative estimate of drug-likeness (QED) is 0.801. The molecule has 1 aliphatic heterocycles. The van der Waals surface area contributed by atoms with Crippen LogP contribution in [0.25, 0.3) is 0 Å². The molecule has 1 N–H and O–H groups in total. The summed E-state index contributed by atoms with van der Waals surface area (Å²) in [5.41, 5.74) is 0. The second-order valence-electron chi connectivity index (χ2n) is 6.52. The fourth-order valence-electron chi connectivity index (χ4n) is 3.98. The van der Waals surface area contributed by atoms with Gasteiger partial charge in [-0.25, -0.2) is 0 Å². The summed E-state index contributed by atoms with van der Waals surface area (Å²) in [6.45, 7) is 4.69. The van der Waals surface area contributed by atoms with Crippen molar-refractivity contribution in [1.82, 2.24) is 10.2 Å². The van der Waals surface area contributed by atoms with Crippen molar-refractivity contribution in [2.75, 3.05) is 40.4 Å². The largest absolute Gasteiger partial charge is 0.384 e. The molecule has 0 spiro atoms. The highest BCUT2D eigenvalue weighted by molar-refractivity contribution is 4.83. The van der Waals surface area contributed by atoms with Gasteiger partial charge in [0.2, 0.25) is 0 Å². The van der Waals surface area contributed by atoms with Crippen LogP contribution in [0.3, 0.4) is 0 Å². The smallest absolute Gasteiger partial charge is 0.0502 e. The Hall–Kier alpha value is -0.120. The van der Waals surface area contributed by atoms with Gasteiger partial charge < -0.3 is 15.0 Å². The lowest BCUT2D eigenvalue weighted by molar-refractivity contribution is 0.0793. The molecule has 3 heteroatoms. The van der Waals surface area contributed by atoms with E-state index in [9.17, 15) is 0 Å². The number of hydrogen-bond donors (Lipinski definition) is 1. The summed E-state index contributed by atoms with van der Waals surface area (Å²) in [7, 11) is 3.98. The van der Waals surface area contributed by atoms with Crippen LogP contribution < -0.4 is 5.32 Å². The van der Waals surface area contributed by atoms with Gasteiger partial charge >= 0.3 is 0 Å². The SMILES string of the molecule is CNC(CN1CCCC(COC)C1)C1CCCCC1. The van der Waals surface area contributed by atoms with Crippen LogP contribution in [0.15, 0.2) is 0 Å². The first-order valence-corrected chi connectivity index (χ1v) is 8.22. The summed E-state index contributed by atoms with van der Waals surface area (Å²) in [4.78, 5) is 2.67. The molecule has 1 aliphatic carbocycles. The molecule has 0 aromatic heterocycles. The fourth-order valence-corrected chi connectivity index (χ4v) is 3.98. The van der Waals surface area contributed by atoms with Gasteiger partial charge in [0.25, 0.3) is 0 Å². The summed E-state index contributed by atoms with van der Waals surface area (Å²) in [5, 5.41) is 3.59. The number of nitrogens with one attached hydrogen (secondary N) is 1. The molecular formula is C16H32N2O. The molecule has 0 amide bonds. The minimum atomic E-state index is 0.696. The summed E-state index contributed by atoms with van der Waals surface area (Å²) in [6, 6.07) is 0.696. The molecule has 2 unspecified atom stereocenters. The zero-order valence-electron chi connectivity index (χ0n) is 12.9. The minimum Gasteiger partial charge on any atom is -0.384 e. The Balaban J connectivity index is 1.79. The van der Waals surface area contributed by atoms with Crippen molar-refractivity contribution >= 4 is 0 Å². The predicted octanol–water partition coefficient (Wildman–Crippen LogP) is 2.51. The van der Waals surface area contributed by atoms with Crippen molar-refractivity contribution in [2.45, 2.75) is 51.0 Å². The van der Waals surface area contributed by atoms with Crippen LogP contribution in [0.1, 0.15) is 44.9 Å². The number of rotatable bonds is 6. The molecule has 112 valence electrons. The maximum Gasteiger partial charge on any atom is 0.0502 e. The van der Waals surface area contributed by atoms with E-state index in [0.29, 0.717) is 6.04 Å². The van der Waals surface area contributed by atoms with E-state index >= 15 is 0 Å². The first-order chi connectivity index (χ1) is 9.33. The maximum absolute atomic E-state index is 5.33. The van der Waals surface area contributed by atoms with Gasteiger partial charge in [0, 0.05) is 26.2 Å². The number of piperidine rings is 1. The van der Waals surface area contributed by atoms with Gasteiger partial charge in [-0.05, 0) is 51.1 Å². The van der Waals surface area contributed by atoms with Crippen LogP contribution in [-0.4, -0.2) is 51.3 Å².